The van der Waals surface area contributed by atoms with E-state index in [-0.39, 0.29) is 6.04 Å². The van der Waals surface area contributed by atoms with Gasteiger partial charge < -0.3 is 15.8 Å². The van der Waals surface area contributed by atoms with Crippen LogP contribution in [-0.2, 0) is 4.74 Å². The van der Waals surface area contributed by atoms with Gasteiger partial charge in [-0.3, -0.25) is 5.32 Å². The number of alkyl halides is 2. The molecule has 2 rings (SSSR count). The van der Waals surface area contributed by atoms with Crippen molar-refractivity contribution in [2.75, 3.05) is 18.4 Å². The lowest BCUT2D eigenvalue weighted by atomic mass is 10.1. The van der Waals surface area contributed by atoms with Gasteiger partial charge >= 0.3 is 6.09 Å². The second kappa shape index (κ2) is 7.92. The molecule has 0 aromatic carbocycles. The topological polar surface area (TPSA) is 89.3 Å². The van der Waals surface area contributed by atoms with E-state index in [0.29, 0.717) is 11.0 Å². The molecule has 1 fully saturated rings. The van der Waals surface area contributed by atoms with Gasteiger partial charge in [0.1, 0.15) is 5.60 Å². The van der Waals surface area contributed by atoms with Crippen LogP contribution in [-0.4, -0.2) is 35.7 Å². The number of rotatable bonds is 8. The highest BCUT2D eigenvalue weighted by Crippen LogP contribution is 2.39. The second-order valence-electron chi connectivity index (χ2n) is 7.37. The van der Waals surface area contributed by atoms with Crippen molar-refractivity contribution < 1.29 is 18.3 Å². The summed E-state index contributed by atoms with van der Waals surface area (Å²) in [6, 6.07) is -0.225. The van der Waals surface area contributed by atoms with Gasteiger partial charge in [-0.1, -0.05) is 24.2 Å². The molecule has 0 aliphatic heterocycles. The van der Waals surface area contributed by atoms with Crippen molar-refractivity contribution in [1.29, 1.82) is 0 Å². The molecule has 0 spiro atoms. The quantitative estimate of drug-likeness (QED) is 0.646. The summed E-state index contributed by atoms with van der Waals surface area (Å²) in [6.07, 6.45) is 4.03. The summed E-state index contributed by atoms with van der Waals surface area (Å²) in [5.41, 5.74) is 4.49. The van der Waals surface area contributed by atoms with E-state index >= 15 is 0 Å². The molecule has 1 amide bonds. The number of aromatic nitrogens is 1. The van der Waals surface area contributed by atoms with E-state index in [1.54, 1.807) is 27.0 Å². The summed E-state index contributed by atoms with van der Waals surface area (Å²) in [5.74, 6) is -2.39. The van der Waals surface area contributed by atoms with Crippen molar-refractivity contribution in [2.24, 2.45) is 11.7 Å². The van der Waals surface area contributed by atoms with Crippen LogP contribution in [0.3, 0.4) is 0 Å². The molecule has 1 aromatic heterocycles. The number of thiazole rings is 1. The number of hydrogen-bond donors (Lipinski definition) is 3. The number of anilines is 1. The summed E-state index contributed by atoms with van der Waals surface area (Å²) in [6.45, 7) is 4.14. The number of hydrogen-bond acceptors (Lipinski definition) is 6. The van der Waals surface area contributed by atoms with Crippen LogP contribution in [0.25, 0.3) is 0 Å². The molecule has 1 aromatic rings. The fourth-order valence-electron chi connectivity index (χ4n) is 2.23. The number of ether oxygens (including phenoxy) is 1. The first-order valence-corrected chi connectivity index (χ1v) is 9.16. The highest BCUT2D eigenvalue weighted by Gasteiger charge is 2.32. The molecule has 1 unspecified atom stereocenters. The predicted molar refractivity (Wildman–Crippen MR) is 94.1 cm³/mol. The van der Waals surface area contributed by atoms with Gasteiger partial charge in [-0.05, 0) is 33.1 Å². The molecular weight excluding hydrogens is 350 g/mol. The Morgan fingerprint density at radius 1 is 1.48 bits per heavy atom. The van der Waals surface area contributed by atoms with Gasteiger partial charge in [0.2, 0.25) is 0 Å². The maximum absolute atomic E-state index is 13.4. The number of nitrogens with zero attached hydrogens (tertiary/aromatic N) is 1. The Morgan fingerprint density at radius 3 is 2.72 bits per heavy atom. The standard InChI is InChI=1S/C16H26F2N4O2S/c1-15(2,3)24-14(23)22-13-20-7-12(25-13)11(6-10-4-5-10)21-9-16(17,18)8-19/h7,10-11,21H,4-6,8-9,19H2,1-3H3,(H,20,22,23). The Bertz CT molecular complexity index is 585. The zero-order valence-corrected chi connectivity index (χ0v) is 15.6. The van der Waals surface area contributed by atoms with E-state index in [2.05, 4.69) is 15.6 Å². The fraction of sp³-hybridized carbons (Fsp3) is 0.750. The SMILES string of the molecule is CC(C)(C)OC(=O)Nc1ncc(C(CC2CC2)NCC(F)(F)CN)s1. The predicted octanol–water partition coefficient (Wildman–Crippen LogP) is 3.51. The molecule has 1 atom stereocenters. The third-order valence-corrected chi connectivity index (χ3v) is 4.67. The Balaban J connectivity index is 1.98. The summed E-state index contributed by atoms with van der Waals surface area (Å²) >= 11 is 1.26. The maximum Gasteiger partial charge on any atom is 0.413 e. The third kappa shape index (κ3) is 7.21. The minimum atomic E-state index is -2.94. The van der Waals surface area contributed by atoms with Crippen LogP contribution in [0.15, 0.2) is 6.20 Å². The van der Waals surface area contributed by atoms with Crippen molar-refractivity contribution in [3.63, 3.8) is 0 Å². The Hall–Kier alpha value is -1.32. The lowest BCUT2D eigenvalue weighted by Gasteiger charge is -2.21. The molecule has 9 heteroatoms. The van der Waals surface area contributed by atoms with Crippen molar-refractivity contribution in [1.82, 2.24) is 10.3 Å². The van der Waals surface area contributed by atoms with E-state index in [4.69, 9.17) is 10.5 Å². The van der Waals surface area contributed by atoms with Crippen LogP contribution < -0.4 is 16.4 Å². The summed E-state index contributed by atoms with van der Waals surface area (Å²) < 4.78 is 32.1. The van der Waals surface area contributed by atoms with E-state index in [1.807, 2.05) is 0 Å². The van der Waals surface area contributed by atoms with Crippen molar-refractivity contribution in [2.45, 2.75) is 57.6 Å². The monoisotopic (exact) mass is 376 g/mol. The van der Waals surface area contributed by atoms with Gasteiger partial charge in [-0.25, -0.2) is 18.6 Å². The van der Waals surface area contributed by atoms with Gasteiger partial charge in [0.05, 0.1) is 13.1 Å². The van der Waals surface area contributed by atoms with E-state index in [0.717, 1.165) is 24.1 Å². The van der Waals surface area contributed by atoms with Crippen molar-refractivity contribution in [3.05, 3.63) is 11.1 Å². The van der Waals surface area contributed by atoms with E-state index in [9.17, 15) is 13.6 Å². The molecule has 0 bridgehead atoms. The normalized spacial score (nSPS) is 16.6. The van der Waals surface area contributed by atoms with Crippen molar-refractivity contribution >= 4 is 22.6 Å². The molecule has 1 saturated carbocycles. The van der Waals surface area contributed by atoms with E-state index in [1.165, 1.54) is 11.3 Å². The van der Waals surface area contributed by atoms with Crippen LogP contribution in [0, 0.1) is 5.92 Å². The van der Waals surface area contributed by atoms with E-state index < -0.39 is 30.7 Å². The first kappa shape index (κ1) is 20.0. The van der Waals surface area contributed by atoms with Crippen LogP contribution in [0.2, 0.25) is 0 Å². The minimum absolute atomic E-state index is 0.225. The summed E-state index contributed by atoms with van der Waals surface area (Å²) in [7, 11) is 0. The lowest BCUT2D eigenvalue weighted by molar-refractivity contribution is 0.00876. The van der Waals surface area contributed by atoms with Gasteiger partial charge in [0.15, 0.2) is 5.13 Å². The number of carbonyl (C=O) groups is 1. The molecule has 1 aliphatic carbocycles. The Labute approximate surface area is 150 Å². The average molecular weight is 376 g/mol. The number of nitrogens with one attached hydrogen (secondary N) is 2. The Morgan fingerprint density at radius 2 is 2.16 bits per heavy atom. The molecule has 142 valence electrons. The largest absolute Gasteiger partial charge is 0.444 e. The molecule has 1 heterocycles. The molecule has 6 nitrogen and oxygen atoms in total. The number of amides is 1. The molecule has 25 heavy (non-hydrogen) atoms. The number of carbonyl (C=O) groups excluding carboxylic acids is 1. The van der Waals surface area contributed by atoms with Gasteiger partial charge in [-0.2, -0.15) is 0 Å². The smallest absolute Gasteiger partial charge is 0.413 e. The minimum Gasteiger partial charge on any atom is -0.444 e. The molecule has 4 N–H and O–H groups in total. The maximum atomic E-state index is 13.4. The van der Waals surface area contributed by atoms with Gasteiger partial charge in [0.25, 0.3) is 5.92 Å². The van der Waals surface area contributed by atoms with Crippen LogP contribution in [0.1, 0.15) is 51.0 Å². The van der Waals surface area contributed by atoms with Crippen molar-refractivity contribution in [3.8, 4) is 0 Å². The first-order chi connectivity index (χ1) is 11.6. The third-order valence-electron chi connectivity index (χ3n) is 3.65. The zero-order valence-electron chi connectivity index (χ0n) is 14.8. The summed E-state index contributed by atoms with van der Waals surface area (Å²) in [4.78, 5) is 16.8. The van der Waals surface area contributed by atoms with Crippen LogP contribution in [0.5, 0.6) is 0 Å². The van der Waals surface area contributed by atoms with Gasteiger partial charge in [0, 0.05) is 17.1 Å². The van der Waals surface area contributed by atoms with Crippen LogP contribution in [0.4, 0.5) is 18.7 Å². The van der Waals surface area contributed by atoms with Crippen LogP contribution >= 0.6 is 11.3 Å². The average Bonchev–Trinajstić information content (AvgIpc) is 3.19. The number of halogens is 2. The summed E-state index contributed by atoms with van der Waals surface area (Å²) in [5, 5.41) is 5.86. The highest BCUT2D eigenvalue weighted by atomic mass is 32.1. The van der Waals surface area contributed by atoms with Gasteiger partial charge in [-0.15, -0.1) is 0 Å². The molecular formula is C16H26F2N4O2S. The zero-order chi connectivity index (χ0) is 18.7. The lowest BCUT2D eigenvalue weighted by Crippen LogP contribution is -2.40. The highest BCUT2D eigenvalue weighted by molar-refractivity contribution is 7.15. The second-order valence-corrected chi connectivity index (χ2v) is 8.43. The molecule has 1 aliphatic rings. The fourth-order valence-corrected chi connectivity index (χ4v) is 3.12. The Kier molecular flexibility index (Phi) is 6.34. The number of nitrogens with two attached hydrogens (primary N) is 1. The molecule has 0 saturated heterocycles. The molecule has 0 radical (unpaired) electrons. The first-order valence-electron chi connectivity index (χ1n) is 8.35.